The van der Waals surface area contributed by atoms with E-state index in [1.165, 1.54) is 6.07 Å². The summed E-state index contributed by atoms with van der Waals surface area (Å²) in [6.07, 6.45) is 0. The maximum atomic E-state index is 13.8. The fraction of sp³-hybridized carbons (Fsp3) is 0.286. The van der Waals surface area contributed by atoms with Crippen LogP contribution < -0.4 is 10.6 Å². The second-order valence-corrected chi connectivity index (χ2v) is 5.57. The molecule has 0 amide bonds. The molecule has 0 aliphatic carbocycles. The Morgan fingerprint density at radius 1 is 1.15 bits per heavy atom. The average Bonchev–Trinajstić information content (AvgIpc) is 2.42. The van der Waals surface area contributed by atoms with E-state index in [9.17, 15) is 4.39 Å². The van der Waals surface area contributed by atoms with E-state index in [0.29, 0.717) is 23.1 Å². The van der Waals surface area contributed by atoms with Gasteiger partial charge in [0.05, 0.1) is 5.69 Å². The first-order chi connectivity index (χ1) is 9.49. The van der Waals surface area contributed by atoms with Gasteiger partial charge in [-0.3, -0.25) is 0 Å². The Morgan fingerprint density at radius 3 is 2.50 bits per heavy atom. The molecule has 0 spiro atoms. The summed E-state index contributed by atoms with van der Waals surface area (Å²) in [5.41, 5.74) is 0.370. The highest BCUT2D eigenvalue weighted by Crippen LogP contribution is 2.25. The van der Waals surface area contributed by atoms with Crippen molar-refractivity contribution in [3.05, 3.63) is 40.4 Å². The molecule has 0 aliphatic heterocycles. The summed E-state index contributed by atoms with van der Waals surface area (Å²) >= 11 is 3.32. The van der Waals surface area contributed by atoms with E-state index >= 15 is 0 Å². The predicted molar refractivity (Wildman–Crippen MR) is 83.1 cm³/mol. The Hall–Kier alpha value is -1.69. The minimum Gasteiger partial charge on any atom is -0.373 e. The number of anilines is 3. The largest absolute Gasteiger partial charge is 0.373 e. The Bertz CT molecular complexity index is 616. The van der Waals surface area contributed by atoms with Gasteiger partial charge in [0.25, 0.3) is 0 Å². The molecule has 0 aliphatic rings. The van der Waals surface area contributed by atoms with Crippen LogP contribution in [0.4, 0.5) is 21.7 Å². The molecule has 0 saturated heterocycles. The van der Waals surface area contributed by atoms with Crippen LogP contribution in [0.25, 0.3) is 0 Å². The fourth-order valence-corrected chi connectivity index (χ4v) is 2.01. The van der Waals surface area contributed by atoms with Gasteiger partial charge in [-0.25, -0.2) is 14.4 Å². The van der Waals surface area contributed by atoms with E-state index in [2.05, 4.69) is 36.5 Å². The number of nitrogens with zero attached hydrogens (tertiary/aromatic N) is 2. The van der Waals surface area contributed by atoms with Crippen molar-refractivity contribution in [3.8, 4) is 0 Å². The Labute approximate surface area is 126 Å². The van der Waals surface area contributed by atoms with E-state index < -0.39 is 0 Å². The van der Waals surface area contributed by atoms with Crippen molar-refractivity contribution in [1.29, 1.82) is 0 Å². The molecule has 0 unspecified atom stereocenters. The molecule has 106 valence electrons. The Balaban J connectivity index is 2.37. The van der Waals surface area contributed by atoms with Gasteiger partial charge in [0, 0.05) is 23.5 Å². The van der Waals surface area contributed by atoms with Crippen LogP contribution in [0, 0.1) is 5.82 Å². The van der Waals surface area contributed by atoms with Crippen molar-refractivity contribution in [2.45, 2.75) is 19.8 Å². The van der Waals surface area contributed by atoms with Crippen molar-refractivity contribution in [2.24, 2.45) is 0 Å². The van der Waals surface area contributed by atoms with Crippen LogP contribution >= 0.6 is 15.9 Å². The molecule has 0 atom stereocenters. The average molecular weight is 339 g/mol. The quantitative estimate of drug-likeness (QED) is 0.873. The molecular formula is C14H16BrFN4. The van der Waals surface area contributed by atoms with Crippen molar-refractivity contribution in [1.82, 2.24) is 9.97 Å². The Morgan fingerprint density at radius 2 is 1.85 bits per heavy atom. The smallest absolute Gasteiger partial charge is 0.146 e. The molecular weight excluding hydrogens is 323 g/mol. The maximum absolute atomic E-state index is 13.8. The van der Waals surface area contributed by atoms with Crippen LogP contribution in [0.15, 0.2) is 28.7 Å². The lowest BCUT2D eigenvalue weighted by atomic mass is 10.2. The maximum Gasteiger partial charge on any atom is 0.146 e. The zero-order chi connectivity index (χ0) is 14.7. The zero-order valence-electron chi connectivity index (χ0n) is 11.5. The van der Waals surface area contributed by atoms with Crippen molar-refractivity contribution < 1.29 is 4.39 Å². The first kappa shape index (κ1) is 14.7. The van der Waals surface area contributed by atoms with E-state index in [4.69, 9.17) is 0 Å². The number of aromatic nitrogens is 2. The molecule has 0 radical (unpaired) electrons. The Kier molecular flexibility index (Phi) is 4.54. The van der Waals surface area contributed by atoms with Gasteiger partial charge in [-0.15, -0.1) is 0 Å². The van der Waals surface area contributed by atoms with E-state index in [-0.39, 0.29) is 11.7 Å². The summed E-state index contributed by atoms with van der Waals surface area (Å²) in [5.74, 6) is 1.82. The number of benzene rings is 1. The number of rotatable bonds is 4. The predicted octanol–water partition coefficient (Wildman–Crippen LogP) is 4.29. The molecule has 0 saturated carbocycles. The summed E-state index contributed by atoms with van der Waals surface area (Å²) in [6.45, 7) is 4.02. The first-order valence-electron chi connectivity index (χ1n) is 6.28. The summed E-state index contributed by atoms with van der Waals surface area (Å²) in [4.78, 5) is 8.77. The molecule has 20 heavy (non-hydrogen) atoms. The van der Waals surface area contributed by atoms with Crippen LogP contribution in [0.2, 0.25) is 0 Å². The van der Waals surface area contributed by atoms with Gasteiger partial charge in [0.2, 0.25) is 0 Å². The third-order valence-electron chi connectivity index (χ3n) is 2.71. The summed E-state index contributed by atoms with van der Waals surface area (Å²) < 4.78 is 14.6. The standard InChI is InChI=1S/C14H16BrFN4/c1-8(2)14-19-12(17-3)7-13(20-14)18-11-6-9(15)4-5-10(11)16/h4-8H,1-3H3,(H2,17,18,19,20). The number of halogens is 2. The van der Waals surface area contributed by atoms with Crippen molar-refractivity contribution >= 4 is 33.3 Å². The zero-order valence-corrected chi connectivity index (χ0v) is 13.1. The minimum atomic E-state index is -0.330. The van der Waals surface area contributed by atoms with Gasteiger partial charge < -0.3 is 10.6 Å². The second-order valence-electron chi connectivity index (χ2n) is 4.65. The number of hydrogen-bond donors (Lipinski definition) is 2. The van der Waals surface area contributed by atoms with E-state index in [0.717, 1.165) is 4.47 Å². The third kappa shape index (κ3) is 3.45. The number of nitrogens with one attached hydrogen (secondary N) is 2. The first-order valence-corrected chi connectivity index (χ1v) is 7.07. The van der Waals surface area contributed by atoms with Crippen LogP contribution in [0.5, 0.6) is 0 Å². The molecule has 4 nitrogen and oxygen atoms in total. The summed E-state index contributed by atoms with van der Waals surface area (Å²) in [5, 5.41) is 5.97. The van der Waals surface area contributed by atoms with Crippen LogP contribution in [0.3, 0.4) is 0 Å². The fourth-order valence-electron chi connectivity index (χ4n) is 1.65. The van der Waals surface area contributed by atoms with Crippen LogP contribution in [-0.2, 0) is 0 Å². The van der Waals surface area contributed by atoms with Crippen molar-refractivity contribution in [3.63, 3.8) is 0 Å². The molecule has 0 bridgehead atoms. The molecule has 0 fully saturated rings. The van der Waals surface area contributed by atoms with Gasteiger partial charge in [-0.2, -0.15) is 0 Å². The molecule has 1 aromatic heterocycles. The van der Waals surface area contributed by atoms with Gasteiger partial charge in [0.15, 0.2) is 0 Å². The topological polar surface area (TPSA) is 49.8 Å². The van der Waals surface area contributed by atoms with Crippen LogP contribution in [-0.4, -0.2) is 17.0 Å². The van der Waals surface area contributed by atoms with E-state index in [1.807, 2.05) is 13.8 Å². The highest BCUT2D eigenvalue weighted by atomic mass is 79.9. The molecule has 2 aromatic rings. The summed E-state index contributed by atoms with van der Waals surface area (Å²) in [7, 11) is 1.79. The van der Waals surface area contributed by atoms with Gasteiger partial charge >= 0.3 is 0 Å². The van der Waals surface area contributed by atoms with Gasteiger partial charge in [-0.05, 0) is 18.2 Å². The molecule has 1 aromatic carbocycles. The highest BCUT2D eigenvalue weighted by Gasteiger charge is 2.09. The SMILES string of the molecule is CNc1cc(Nc2cc(Br)ccc2F)nc(C(C)C)n1. The molecule has 1 heterocycles. The third-order valence-corrected chi connectivity index (χ3v) is 3.20. The number of hydrogen-bond acceptors (Lipinski definition) is 4. The lowest BCUT2D eigenvalue weighted by Gasteiger charge is -2.12. The monoisotopic (exact) mass is 338 g/mol. The summed E-state index contributed by atoms with van der Waals surface area (Å²) in [6, 6.07) is 6.47. The van der Waals surface area contributed by atoms with Gasteiger partial charge in [-0.1, -0.05) is 29.8 Å². The molecule has 2 rings (SSSR count). The molecule has 2 N–H and O–H groups in total. The normalized spacial score (nSPS) is 10.7. The van der Waals surface area contributed by atoms with Crippen LogP contribution in [0.1, 0.15) is 25.6 Å². The lowest BCUT2D eigenvalue weighted by Crippen LogP contribution is -2.05. The highest BCUT2D eigenvalue weighted by molar-refractivity contribution is 9.10. The second kappa shape index (κ2) is 6.17. The molecule has 6 heteroatoms. The van der Waals surface area contributed by atoms with Gasteiger partial charge in [0.1, 0.15) is 23.3 Å². The minimum absolute atomic E-state index is 0.191. The lowest BCUT2D eigenvalue weighted by molar-refractivity contribution is 0.631. The van der Waals surface area contributed by atoms with Crippen molar-refractivity contribution in [2.75, 3.05) is 17.7 Å². The van der Waals surface area contributed by atoms with E-state index in [1.54, 1.807) is 25.2 Å².